The molecule has 0 radical (unpaired) electrons. The topological polar surface area (TPSA) is 38.3 Å². The van der Waals surface area contributed by atoms with E-state index in [1.54, 1.807) is 0 Å². The van der Waals surface area contributed by atoms with Crippen LogP contribution < -0.4 is 5.32 Å². The van der Waals surface area contributed by atoms with Gasteiger partial charge in [0.1, 0.15) is 6.10 Å². The third-order valence-corrected chi connectivity index (χ3v) is 3.02. The van der Waals surface area contributed by atoms with Gasteiger partial charge in [0.25, 0.3) is 0 Å². The highest BCUT2D eigenvalue weighted by Gasteiger charge is 2.21. The third kappa shape index (κ3) is 5.50. The van der Waals surface area contributed by atoms with Crippen molar-refractivity contribution in [3.63, 3.8) is 0 Å². The smallest absolute Gasteiger partial charge is 0.320 e. The molecule has 1 saturated carbocycles. The molecular weight excluding hydrogens is 202 g/mol. The molecule has 0 amide bonds. The number of carbonyl (C=O) groups excluding carboxylic acids is 1. The highest BCUT2D eigenvalue weighted by molar-refractivity contribution is 5.71. The molecule has 94 valence electrons. The van der Waals surface area contributed by atoms with Gasteiger partial charge in [0.2, 0.25) is 0 Å². The second-order valence-electron chi connectivity index (χ2n) is 5.98. The Labute approximate surface area is 98.9 Å². The molecule has 0 spiro atoms. The standard InChI is InChI=1S/C13H25NO2/c1-10-5-7-11(8-6-10)16-12(15)9-14-13(2,3)4/h10-11,14H,5-9H2,1-4H3. The second-order valence-corrected chi connectivity index (χ2v) is 5.98. The lowest BCUT2D eigenvalue weighted by molar-refractivity contribution is -0.150. The first-order valence-electron chi connectivity index (χ1n) is 6.31. The van der Waals surface area contributed by atoms with Crippen LogP contribution in [0, 0.1) is 5.92 Å². The van der Waals surface area contributed by atoms with E-state index in [0.29, 0.717) is 6.54 Å². The molecule has 1 aliphatic carbocycles. The fourth-order valence-electron chi connectivity index (χ4n) is 1.91. The Balaban J connectivity index is 2.19. The van der Waals surface area contributed by atoms with Gasteiger partial charge in [-0.2, -0.15) is 0 Å². The Morgan fingerprint density at radius 1 is 1.25 bits per heavy atom. The highest BCUT2D eigenvalue weighted by atomic mass is 16.5. The third-order valence-electron chi connectivity index (χ3n) is 3.02. The zero-order valence-corrected chi connectivity index (χ0v) is 11.0. The molecule has 0 saturated heterocycles. The van der Waals surface area contributed by atoms with Gasteiger partial charge in [-0.15, -0.1) is 0 Å². The summed E-state index contributed by atoms with van der Waals surface area (Å²) in [6.45, 7) is 8.71. The van der Waals surface area contributed by atoms with E-state index in [9.17, 15) is 4.79 Å². The van der Waals surface area contributed by atoms with Gasteiger partial charge in [0.05, 0.1) is 6.54 Å². The minimum atomic E-state index is -0.116. The predicted octanol–water partition coefficient (Wildman–Crippen LogP) is 2.50. The molecule has 0 aromatic rings. The van der Waals surface area contributed by atoms with Crippen molar-refractivity contribution in [3.8, 4) is 0 Å². The molecule has 0 aromatic carbocycles. The van der Waals surface area contributed by atoms with Crippen LogP contribution in [0.5, 0.6) is 0 Å². The number of esters is 1. The molecule has 1 rings (SSSR count). The maximum atomic E-state index is 11.6. The molecule has 0 aliphatic heterocycles. The minimum absolute atomic E-state index is 0.0277. The van der Waals surface area contributed by atoms with Gasteiger partial charge in [-0.05, 0) is 52.4 Å². The van der Waals surface area contributed by atoms with E-state index in [4.69, 9.17) is 4.74 Å². The maximum Gasteiger partial charge on any atom is 0.320 e. The molecule has 0 aromatic heterocycles. The van der Waals surface area contributed by atoms with E-state index < -0.39 is 0 Å². The first kappa shape index (κ1) is 13.5. The minimum Gasteiger partial charge on any atom is -0.461 e. The lowest BCUT2D eigenvalue weighted by Gasteiger charge is -2.27. The number of carbonyl (C=O) groups is 1. The van der Waals surface area contributed by atoms with Crippen LogP contribution in [0.3, 0.4) is 0 Å². The summed E-state index contributed by atoms with van der Waals surface area (Å²) in [7, 11) is 0. The van der Waals surface area contributed by atoms with Crippen molar-refractivity contribution in [2.24, 2.45) is 5.92 Å². The number of ether oxygens (including phenoxy) is 1. The van der Waals surface area contributed by atoms with Crippen molar-refractivity contribution in [1.82, 2.24) is 5.32 Å². The van der Waals surface area contributed by atoms with Crippen LogP contribution in [0.25, 0.3) is 0 Å². The molecule has 16 heavy (non-hydrogen) atoms. The molecule has 1 aliphatic rings. The summed E-state index contributed by atoms with van der Waals surface area (Å²) < 4.78 is 5.43. The molecule has 3 nitrogen and oxygen atoms in total. The molecular formula is C13H25NO2. The van der Waals surface area contributed by atoms with Crippen molar-refractivity contribution in [1.29, 1.82) is 0 Å². The van der Waals surface area contributed by atoms with Gasteiger partial charge in [0, 0.05) is 5.54 Å². The monoisotopic (exact) mass is 227 g/mol. The normalized spacial score (nSPS) is 26.5. The van der Waals surface area contributed by atoms with E-state index in [1.807, 2.05) is 20.8 Å². The van der Waals surface area contributed by atoms with E-state index in [1.165, 1.54) is 12.8 Å². The van der Waals surface area contributed by atoms with Crippen LogP contribution in [0.2, 0.25) is 0 Å². The summed E-state index contributed by atoms with van der Waals surface area (Å²) in [5.74, 6) is 0.678. The van der Waals surface area contributed by atoms with E-state index >= 15 is 0 Å². The lowest BCUT2D eigenvalue weighted by Crippen LogP contribution is -2.41. The number of hydrogen-bond donors (Lipinski definition) is 1. The molecule has 1 fully saturated rings. The zero-order valence-electron chi connectivity index (χ0n) is 11.0. The Morgan fingerprint density at radius 2 is 1.81 bits per heavy atom. The molecule has 0 bridgehead atoms. The number of hydrogen-bond acceptors (Lipinski definition) is 3. The predicted molar refractivity (Wildman–Crippen MR) is 65.3 cm³/mol. The van der Waals surface area contributed by atoms with Crippen LogP contribution in [-0.4, -0.2) is 24.2 Å². The van der Waals surface area contributed by atoms with E-state index in [2.05, 4.69) is 12.2 Å². The maximum absolute atomic E-state index is 11.6. The summed E-state index contributed by atoms with van der Waals surface area (Å²) in [6.07, 6.45) is 4.59. The fourth-order valence-corrected chi connectivity index (χ4v) is 1.91. The van der Waals surface area contributed by atoms with E-state index in [-0.39, 0.29) is 17.6 Å². The average Bonchev–Trinajstić information content (AvgIpc) is 2.18. The SMILES string of the molecule is CC1CCC(OC(=O)CNC(C)(C)C)CC1. The van der Waals surface area contributed by atoms with E-state index in [0.717, 1.165) is 18.8 Å². The van der Waals surface area contributed by atoms with Crippen molar-refractivity contribution in [3.05, 3.63) is 0 Å². The molecule has 0 heterocycles. The Bertz CT molecular complexity index is 225. The van der Waals surface area contributed by atoms with Gasteiger partial charge in [-0.25, -0.2) is 0 Å². The Hall–Kier alpha value is -0.570. The summed E-state index contributed by atoms with van der Waals surface area (Å²) >= 11 is 0. The van der Waals surface area contributed by atoms with Crippen molar-refractivity contribution >= 4 is 5.97 Å². The molecule has 3 heteroatoms. The first-order chi connectivity index (χ1) is 7.37. The van der Waals surface area contributed by atoms with Crippen LogP contribution in [0.15, 0.2) is 0 Å². The van der Waals surface area contributed by atoms with Gasteiger partial charge in [0.15, 0.2) is 0 Å². The second kappa shape index (κ2) is 5.67. The Kier molecular flexibility index (Phi) is 4.78. The summed E-state index contributed by atoms with van der Waals surface area (Å²) in [5, 5.41) is 3.15. The van der Waals surface area contributed by atoms with Crippen LogP contribution in [-0.2, 0) is 9.53 Å². The largest absolute Gasteiger partial charge is 0.461 e. The molecule has 1 N–H and O–H groups in total. The van der Waals surface area contributed by atoms with Crippen molar-refractivity contribution in [2.75, 3.05) is 6.54 Å². The first-order valence-corrected chi connectivity index (χ1v) is 6.31. The van der Waals surface area contributed by atoms with Gasteiger partial charge in [-0.3, -0.25) is 4.79 Å². The van der Waals surface area contributed by atoms with Crippen molar-refractivity contribution in [2.45, 2.75) is 65.0 Å². The van der Waals surface area contributed by atoms with Crippen LogP contribution >= 0.6 is 0 Å². The average molecular weight is 227 g/mol. The van der Waals surface area contributed by atoms with Gasteiger partial charge in [-0.1, -0.05) is 6.92 Å². The lowest BCUT2D eigenvalue weighted by atomic mass is 9.89. The van der Waals surface area contributed by atoms with Crippen molar-refractivity contribution < 1.29 is 9.53 Å². The highest BCUT2D eigenvalue weighted by Crippen LogP contribution is 2.25. The fraction of sp³-hybridized carbons (Fsp3) is 0.923. The summed E-state index contributed by atoms with van der Waals surface area (Å²) in [5.41, 5.74) is -0.0277. The molecule has 0 unspecified atom stereocenters. The molecule has 0 atom stereocenters. The van der Waals surface area contributed by atoms with Crippen LogP contribution in [0.1, 0.15) is 53.4 Å². The number of nitrogens with one attached hydrogen (secondary N) is 1. The number of rotatable bonds is 3. The zero-order chi connectivity index (χ0) is 12.2. The summed E-state index contributed by atoms with van der Waals surface area (Å²) in [6, 6.07) is 0. The summed E-state index contributed by atoms with van der Waals surface area (Å²) in [4.78, 5) is 11.6. The van der Waals surface area contributed by atoms with Gasteiger partial charge < -0.3 is 10.1 Å². The van der Waals surface area contributed by atoms with Gasteiger partial charge >= 0.3 is 5.97 Å². The van der Waals surface area contributed by atoms with Crippen LogP contribution in [0.4, 0.5) is 0 Å². The Morgan fingerprint density at radius 3 is 2.31 bits per heavy atom. The quantitative estimate of drug-likeness (QED) is 0.753.